The Balaban J connectivity index is 2.32. The Bertz CT molecular complexity index is 462. The molecule has 5 N–H and O–H groups in total. The molecule has 8 nitrogen and oxygen atoms in total. The van der Waals surface area contributed by atoms with Crippen LogP contribution in [-0.2, 0) is 4.74 Å². The van der Waals surface area contributed by atoms with Gasteiger partial charge in [-0.1, -0.05) is 0 Å². The summed E-state index contributed by atoms with van der Waals surface area (Å²) in [5, 5.41) is 28.2. The summed E-state index contributed by atoms with van der Waals surface area (Å²) in [5.41, 5.74) is 4.63. The van der Waals surface area contributed by atoms with Gasteiger partial charge >= 0.3 is 5.69 Å². The third-order valence-electron chi connectivity index (χ3n) is 2.64. The normalized spacial score (nSPS) is 32.9. The molecule has 1 fully saturated rings. The molecule has 2 heterocycles. The summed E-state index contributed by atoms with van der Waals surface area (Å²) in [6, 6.07) is 1.37. The lowest BCUT2D eigenvalue weighted by molar-refractivity contribution is -0.0549. The summed E-state index contributed by atoms with van der Waals surface area (Å²) in [5.74, 6) is 0.0537. The van der Waals surface area contributed by atoms with Crippen molar-refractivity contribution < 1.29 is 20.1 Å². The van der Waals surface area contributed by atoms with Crippen LogP contribution in [0.15, 0.2) is 17.1 Å². The number of nitrogen functional groups attached to an aromatic ring is 1. The average Bonchev–Trinajstić information content (AvgIpc) is 2.57. The van der Waals surface area contributed by atoms with Crippen molar-refractivity contribution in [3.05, 3.63) is 22.7 Å². The number of aliphatic hydroxyl groups is 3. The molecule has 0 spiro atoms. The quantitative estimate of drug-likeness (QED) is 0.449. The van der Waals surface area contributed by atoms with Gasteiger partial charge in [-0.15, -0.1) is 0 Å². The van der Waals surface area contributed by atoms with E-state index in [0.29, 0.717) is 0 Å². The van der Waals surface area contributed by atoms with Crippen LogP contribution in [0, 0.1) is 0 Å². The standard InChI is InChI=1S/C9H13N3O5/c10-5-1-2-12(9(16)11-5)8-7(15)6(14)4(3-13)17-8/h1-2,4,6-8,13-15H,3H2,(H2,10,11,16)/t4-,6?,7?,8-/m1/s1. The van der Waals surface area contributed by atoms with E-state index >= 15 is 0 Å². The van der Waals surface area contributed by atoms with Gasteiger partial charge in [-0.3, -0.25) is 4.57 Å². The first-order valence-electron chi connectivity index (χ1n) is 5.01. The van der Waals surface area contributed by atoms with Crippen LogP contribution in [0.25, 0.3) is 0 Å². The van der Waals surface area contributed by atoms with Crippen molar-refractivity contribution >= 4 is 5.82 Å². The first kappa shape index (κ1) is 12.0. The molecule has 0 radical (unpaired) electrons. The van der Waals surface area contributed by atoms with Crippen LogP contribution >= 0.6 is 0 Å². The number of aromatic nitrogens is 2. The Morgan fingerprint density at radius 1 is 1.47 bits per heavy atom. The Morgan fingerprint density at radius 2 is 2.18 bits per heavy atom. The maximum atomic E-state index is 11.5. The summed E-state index contributed by atoms with van der Waals surface area (Å²) in [6.07, 6.45) is -3.27. The van der Waals surface area contributed by atoms with Gasteiger partial charge in [0.1, 0.15) is 24.1 Å². The van der Waals surface area contributed by atoms with Crippen molar-refractivity contribution in [1.29, 1.82) is 0 Å². The smallest absolute Gasteiger partial charge is 0.351 e. The predicted octanol–water partition coefficient (Wildman–Crippen LogP) is -2.56. The minimum absolute atomic E-state index is 0.0537. The molecule has 0 bridgehead atoms. The number of hydrogen-bond acceptors (Lipinski definition) is 7. The van der Waals surface area contributed by atoms with Gasteiger partial charge in [0.15, 0.2) is 6.23 Å². The van der Waals surface area contributed by atoms with Gasteiger partial charge in [0.25, 0.3) is 0 Å². The molecule has 94 valence electrons. The predicted molar refractivity (Wildman–Crippen MR) is 55.9 cm³/mol. The van der Waals surface area contributed by atoms with Crippen LogP contribution in [0.4, 0.5) is 5.82 Å². The molecule has 0 amide bonds. The number of hydrogen-bond donors (Lipinski definition) is 4. The Labute approximate surface area is 95.9 Å². The van der Waals surface area contributed by atoms with Gasteiger partial charge in [0.2, 0.25) is 0 Å². The highest BCUT2D eigenvalue weighted by molar-refractivity contribution is 5.23. The van der Waals surface area contributed by atoms with Gasteiger partial charge in [0.05, 0.1) is 6.61 Å². The lowest BCUT2D eigenvalue weighted by Gasteiger charge is -2.16. The molecule has 2 unspecified atom stereocenters. The second kappa shape index (κ2) is 4.41. The van der Waals surface area contributed by atoms with E-state index in [9.17, 15) is 15.0 Å². The van der Waals surface area contributed by atoms with E-state index in [2.05, 4.69) is 4.98 Å². The molecule has 4 atom stereocenters. The summed E-state index contributed by atoms with van der Waals surface area (Å²) < 4.78 is 6.19. The lowest BCUT2D eigenvalue weighted by atomic mass is 10.1. The minimum atomic E-state index is -1.31. The number of nitrogens with zero attached hydrogens (tertiary/aromatic N) is 2. The molecule has 0 aliphatic carbocycles. The fraction of sp³-hybridized carbons (Fsp3) is 0.556. The van der Waals surface area contributed by atoms with Crippen molar-refractivity contribution in [2.45, 2.75) is 24.5 Å². The molecule has 1 aliphatic rings. The highest BCUT2D eigenvalue weighted by Crippen LogP contribution is 2.27. The number of anilines is 1. The van der Waals surface area contributed by atoms with Crippen molar-refractivity contribution in [3.63, 3.8) is 0 Å². The molecular formula is C9H13N3O5. The van der Waals surface area contributed by atoms with E-state index in [0.717, 1.165) is 4.57 Å². The van der Waals surface area contributed by atoms with E-state index in [4.69, 9.17) is 15.6 Å². The first-order chi connectivity index (χ1) is 8.04. The summed E-state index contributed by atoms with van der Waals surface area (Å²) in [6.45, 7) is -0.453. The molecule has 0 aromatic carbocycles. The highest BCUT2D eigenvalue weighted by Gasteiger charge is 2.43. The molecule has 1 aromatic rings. The fourth-order valence-electron chi connectivity index (χ4n) is 1.73. The van der Waals surface area contributed by atoms with Crippen molar-refractivity contribution in [1.82, 2.24) is 9.55 Å². The molecule has 1 aromatic heterocycles. The van der Waals surface area contributed by atoms with Crippen molar-refractivity contribution in [3.8, 4) is 0 Å². The second-order valence-electron chi connectivity index (χ2n) is 3.77. The minimum Gasteiger partial charge on any atom is -0.394 e. The monoisotopic (exact) mass is 243 g/mol. The topological polar surface area (TPSA) is 131 Å². The molecule has 0 saturated carbocycles. The first-order valence-corrected chi connectivity index (χ1v) is 5.01. The van der Waals surface area contributed by atoms with Crippen molar-refractivity contribution in [2.24, 2.45) is 0 Å². The van der Waals surface area contributed by atoms with Crippen molar-refractivity contribution in [2.75, 3.05) is 12.3 Å². The zero-order chi connectivity index (χ0) is 12.6. The summed E-state index contributed by atoms with van der Waals surface area (Å²) >= 11 is 0. The molecular weight excluding hydrogens is 230 g/mol. The molecule has 2 rings (SSSR count). The van der Waals surface area contributed by atoms with E-state index in [1.165, 1.54) is 12.3 Å². The SMILES string of the molecule is Nc1ccn([C@@H]2O[C@H](CO)C(O)C2O)c(=O)n1. The number of aliphatic hydroxyl groups excluding tert-OH is 3. The van der Waals surface area contributed by atoms with Crippen LogP contribution in [0.5, 0.6) is 0 Å². The molecule has 1 saturated heterocycles. The van der Waals surface area contributed by atoms with Gasteiger partial charge in [-0.25, -0.2) is 4.79 Å². The highest BCUT2D eigenvalue weighted by atomic mass is 16.6. The molecule has 8 heteroatoms. The molecule has 17 heavy (non-hydrogen) atoms. The zero-order valence-corrected chi connectivity index (χ0v) is 8.80. The summed E-state index contributed by atoms with van der Waals surface area (Å²) in [7, 11) is 0. The van der Waals surface area contributed by atoms with Crippen LogP contribution in [0.3, 0.4) is 0 Å². The van der Waals surface area contributed by atoms with Crippen LogP contribution in [0.1, 0.15) is 6.23 Å². The van der Waals surface area contributed by atoms with Gasteiger partial charge in [-0.05, 0) is 6.07 Å². The Kier molecular flexibility index (Phi) is 3.11. The maximum absolute atomic E-state index is 11.5. The van der Waals surface area contributed by atoms with E-state index in [-0.39, 0.29) is 5.82 Å². The fourth-order valence-corrected chi connectivity index (χ4v) is 1.73. The third kappa shape index (κ3) is 2.03. The zero-order valence-electron chi connectivity index (χ0n) is 8.80. The largest absolute Gasteiger partial charge is 0.394 e. The number of ether oxygens (including phenoxy) is 1. The van der Waals surface area contributed by atoms with E-state index in [1.807, 2.05) is 0 Å². The molecule has 1 aliphatic heterocycles. The van der Waals surface area contributed by atoms with Gasteiger partial charge in [0, 0.05) is 6.20 Å². The van der Waals surface area contributed by atoms with E-state index in [1.54, 1.807) is 0 Å². The van der Waals surface area contributed by atoms with Crippen LogP contribution in [0.2, 0.25) is 0 Å². The number of nitrogens with two attached hydrogens (primary N) is 1. The van der Waals surface area contributed by atoms with Crippen LogP contribution in [-0.4, -0.2) is 49.8 Å². The third-order valence-corrected chi connectivity index (χ3v) is 2.64. The maximum Gasteiger partial charge on any atom is 0.351 e. The summed E-state index contributed by atoms with van der Waals surface area (Å²) in [4.78, 5) is 15.0. The number of rotatable bonds is 2. The average molecular weight is 243 g/mol. The van der Waals surface area contributed by atoms with Crippen LogP contribution < -0.4 is 11.4 Å². The Morgan fingerprint density at radius 3 is 2.71 bits per heavy atom. The lowest BCUT2D eigenvalue weighted by Crippen LogP contribution is -2.36. The van der Waals surface area contributed by atoms with Gasteiger partial charge < -0.3 is 25.8 Å². The second-order valence-corrected chi connectivity index (χ2v) is 3.77. The Hall–Kier alpha value is -1.48. The van der Waals surface area contributed by atoms with E-state index < -0.39 is 36.8 Å². The van der Waals surface area contributed by atoms with Gasteiger partial charge in [-0.2, -0.15) is 4.98 Å².